The van der Waals surface area contributed by atoms with E-state index in [0.717, 1.165) is 5.56 Å². The third-order valence-corrected chi connectivity index (χ3v) is 2.98. The van der Waals surface area contributed by atoms with Gasteiger partial charge in [-0.2, -0.15) is 0 Å². The summed E-state index contributed by atoms with van der Waals surface area (Å²) in [5, 5.41) is 11.6. The number of amides is 2. The number of aliphatic carboxylic acids is 1. The summed E-state index contributed by atoms with van der Waals surface area (Å²) in [5.41, 5.74) is 0.905. The maximum Gasteiger partial charge on any atom is 0.318 e. The number of urea groups is 1. The van der Waals surface area contributed by atoms with Crippen LogP contribution in [0.3, 0.4) is 0 Å². The van der Waals surface area contributed by atoms with E-state index >= 15 is 0 Å². The largest absolute Gasteiger partial charge is 0.481 e. The third kappa shape index (κ3) is 4.87. The zero-order chi connectivity index (χ0) is 15.1. The zero-order valence-electron chi connectivity index (χ0n) is 12.0. The lowest BCUT2D eigenvalue weighted by Crippen LogP contribution is -2.45. The number of carboxylic acids is 1. The zero-order valence-corrected chi connectivity index (χ0v) is 12.0. The number of aromatic nitrogens is 1. The highest BCUT2D eigenvalue weighted by Crippen LogP contribution is 2.11. The molecule has 1 unspecified atom stereocenters. The Kier molecular flexibility index (Phi) is 5.96. The molecular weight excluding hydrogens is 258 g/mol. The molecule has 1 aromatic rings. The molecule has 1 heterocycles. The van der Waals surface area contributed by atoms with Gasteiger partial charge in [0.05, 0.1) is 12.5 Å². The number of nitrogens with zero attached hydrogens (tertiary/aromatic N) is 2. The Balaban J connectivity index is 2.64. The van der Waals surface area contributed by atoms with Gasteiger partial charge in [0.1, 0.15) is 0 Å². The summed E-state index contributed by atoms with van der Waals surface area (Å²) in [6.07, 6.45) is 3.31. The number of nitrogens with one attached hydrogen (secondary N) is 1. The Hall–Kier alpha value is -2.11. The molecule has 0 bridgehead atoms. The quantitative estimate of drug-likeness (QED) is 0.834. The van der Waals surface area contributed by atoms with Crippen LogP contribution in [0.15, 0.2) is 24.5 Å². The molecule has 0 aromatic carbocycles. The van der Waals surface area contributed by atoms with Crippen LogP contribution in [0.4, 0.5) is 4.79 Å². The first-order chi connectivity index (χ1) is 9.41. The molecule has 0 spiro atoms. The minimum absolute atomic E-state index is 0.0598. The first-order valence-corrected chi connectivity index (χ1v) is 6.60. The van der Waals surface area contributed by atoms with Crippen LogP contribution in [-0.4, -0.2) is 39.6 Å². The molecule has 110 valence electrons. The number of hydrogen-bond donors (Lipinski definition) is 2. The molecule has 0 aliphatic rings. The van der Waals surface area contributed by atoms with Crippen LogP contribution in [0.25, 0.3) is 0 Å². The predicted molar refractivity (Wildman–Crippen MR) is 75.3 cm³/mol. The average molecular weight is 279 g/mol. The van der Waals surface area contributed by atoms with Gasteiger partial charge in [-0.05, 0) is 32.4 Å². The lowest BCUT2D eigenvalue weighted by atomic mass is 10.1. The van der Waals surface area contributed by atoms with Crippen molar-refractivity contribution in [3.63, 3.8) is 0 Å². The highest BCUT2D eigenvalue weighted by molar-refractivity contribution is 5.76. The molecule has 1 aromatic heterocycles. The predicted octanol–water partition coefficient (Wildman–Crippen LogP) is 2.04. The van der Waals surface area contributed by atoms with E-state index in [-0.39, 0.29) is 31.1 Å². The number of carbonyl (C=O) groups excluding carboxylic acids is 1. The molecule has 2 N–H and O–H groups in total. The second kappa shape index (κ2) is 7.47. The summed E-state index contributed by atoms with van der Waals surface area (Å²) < 4.78 is 0. The molecule has 0 aliphatic carbocycles. The monoisotopic (exact) mass is 279 g/mol. The topological polar surface area (TPSA) is 82.5 Å². The standard InChI is InChI=1S/C14H21N3O3/c1-10(2)17(8-6-13(18)19)14(20)16-11(3)12-5-4-7-15-9-12/h4-5,7,9-11H,6,8H2,1-3H3,(H,16,20)(H,18,19). The molecule has 0 radical (unpaired) electrons. The van der Waals surface area contributed by atoms with Crippen molar-refractivity contribution in [2.75, 3.05) is 6.54 Å². The normalized spacial score (nSPS) is 12.0. The van der Waals surface area contributed by atoms with Crippen LogP contribution in [0.1, 0.15) is 38.8 Å². The van der Waals surface area contributed by atoms with Gasteiger partial charge in [-0.25, -0.2) is 4.79 Å². The highest BCUT2D eigenvalue weighted by Gasteiger charge is 2.19. The summed E-state index contributed by atoms with van der Waals surface area (Å²) in [7, 11) is 0. The Morgan fingerprint density at radius 3 is 2.60 bits per heavy atom. The molecular formula is C14H21N3O3. The van der Waals surface area contributed by atoms with E-state index in [0.29, 0.717) is 0 Å². The highest BCUT2D eigenvalue weighted by atomic mass is 16.4. The fourth-order valence-electron chi connectivity index (χ4n) is 1.79. The van der Waals surface area contributed by atoms with Crippen molar-refractivity contribution in [3.05, 3.63) is 30.1 Å². The van der Waals surface area contributed by atoms with Gasteiger partial charge in [0, 0.05) is 25.0 Å². The van der Waals surface area contributed by atoms with E-state index in [9.17, 15) is 9.59 Å². The second-order valence-electron chi connectivity index (χ2n) is 4.89. The van der Waals surface area contributed by atoms with Gasteiger partial charge in [-0.3, -0.25) is 9.78 Å². The minimum Gasteiger partial charge on any atom is -0.481 e. The van der Waals surface area contributed by atoms with Crippen LogP contribution in [0.2, 0.25) is 0 Å². The first kappa shape index (κ1) is 15.9. The SMILES string of the molecule is CC(NC(=O)N(CCC(=O)O)C(C)C)c1cccnc1. The lowest BCUT2D eigenvalue weighted by molar-refractivity contribution is -0.137. The number of pyridine rings is 1. The van der Waals surface area contributed by atoms with Crippen molar-refractivity contribution in [1.82, 2.24) is 15.2 Å². The molecule has 0 saturated carbocycles. The Bertz CT molecular complexity index is 448. The van der Waals surface area contributed by atoms with Gasteiger partial charge in [0.15, 0.2) is 0 Å². The molecule has 6 nitrogen and oxygen atoms in total. The van der Waals surface area contributed by atoms with Gasteiger partial charge in [-0.15, -0.1) is 0 Å². The van der Waals surface area contributed by atoms with Gasteiger partial charge >= 0.3 is 12.0 Å². The average Bonchev–Trinajstić information content (AvgIpc) is 2.39. The minimum atomic E-state index is -0.913. The van der Waals surface area contributed by atoms with Gasteiger partial charge in [-0.1, -0.05) is 6.07 Å². The van der Waals surface area contributed by atoms with Gasteiger partial charge < -0.3 is 15.3 Å². The van der Waals surface area contributed by atoms with Crippen molar-refractivity contribution in [2.45, 2.75) is 39.3 Å². The van der Waals surface area contributed by atoms with E-state index in [1.807, 2.05) is 32.9 Å². The molecule has 1 rings (SSSR count). The number of hydrogen-bond acceptors (Lipinski definition) is 3. The molecule has 0 aliphatic heterocycles. The maximum absolute atomic E-state index is 12.2. The molecule has 2 amide bonds. The van der Waals surface area contributed by atoms with E-state index in [2.05, 4.69) is 10.3 Å². The van der Waals surface area contributed by atoms with Crippen LogP contribution in [0.5, 0.6) is 0 Å². The molecule has 0 saturated heterocycles. The summed E-state index contributed by atoms with van der Waals surface area (Å²) in [6.45, 7) is 5.77. The summed E-state index contributed by atoms with van der Waals surface area (Å²) in [4.78, 5) is 28.3. The lowest BCUT2D eigenvalue weighted by Gasteiger charge is -2.28. The van der Waals surface area contributed by atoms with Crippen LogP contribution in [0, 0.1) is 0 Å². The van der Waals surface area contributed by atoms with Crippen LogP contribution >= 0.6 is 0 Å². The van der Waals surface area contributed by atoms with E-state index in [1.54, 1.807) is 12.4 Å². The van der Waals surface area contributed by atoms with E-state index in [4.69, 9.17) is 5.11 Å². The smallest absolute Gasteiger partial charge is 0.318 e. The van der Waals surface area contributed by atoms with Crippen molar-refractivity contribution in [3.8, 4) is 0 Å². The van der Waals surface area contributed by atoms with Crippen molar-refractivity contribution in [1.29, 1.82) is 0 Å². The number of carbonyl (C=O) groups is 2. The molecule has 6 heteroatoms. The van der Waals surface area contributed by atoms with Gasteiger partial charge in [0.25, 0.3) is 0 Å². The number of rotatable bonds is 6. The number of carboxylic acid groups (broad SMARTS) is 1. The maximum atomic E-state index is 12.2. The van der Waals surface area contributed by atoms with E-state index < -0.39 is 5.97 Å². The summed E-state index contributed by atoms with van der Waals surface area (Å²) in [6, 6.07) is 3.19. The van der Waals surface area contributed by atoms with Gasteiger partial charge in [0.2, 0.25) is 0 Å². The van der Waals surface area contributed by atoms with Crippen molar-refractivity contribution in [2.24, 2.45) is 0 Å². The fraction of sp³-hybridized carbons (Fsp3) is 0.500. The summed E-state index contributed by atoms with van der Waals surface area (Å²) in [5.74, 6) is -0.913. The molecule has 0 fully saturated rings. The molecule has 1 atom stereocenters. The summed E-state index contributed by atoms with van der Waals surface area (Å²) >= 11 is 0. The first-order valence-electron chi connectivity index (χ1n) is 6.60. The fourth-order valence-corrected chi connectivity index (χ4v) is 1.79. The van der Waals surface area contributed by atoms with Crippen LogP contribution in [-0.2, 0) is 4.79 Å². The van der Waals surface area contributed by atoms with Crippen molar-refractivity contribution < 1.29 is 14.7 Å². The molecule has 20 heavy (non-hydrogen) atoms. The second-order valence-corrected chi connectivity index (χ2v) is 4.89. The van der Waals surface area contributed by atoms with E-state index in [1.165, 1.54) is 4.90 Å². The van der Waals surface area contributed by atoms with Crippen LogP contribution < -0.4 is 5.32 Å². The van der Waals surface area contributed by atoms with Crippen molar-refractivity contribution >= 4 is 12.0 Å². The third-order valence-electron chi connectivity index (χ3n) is 2.98. The Morgan fingerprint density at radius 1 is 1.40 bits per heavy atom. The Morgan fingerprint density at radius 2 is 2.10 bits per heavy atom. The Labute approximate surface area is 118 Å².